The van der Waals surface area contributed by atoms with Crippen molar-refractivity contribution in [2.45, 2.75) is 19.9 Å². The highest BCUT2D eigenvalue weighted by molar-refractivity contribution is 5.96. The quantitative estimate of drug-likeness (QED) is 0.774. The van der Waals surface area contributed by atoms with Crippen LogP contribution in [-0.4, -0.2) is 20.4 Å². The van der Waals surface area contributed by atoms with Gasteiger partial charge in [0.05, 0.1) is 6.04 Å². The van der Waals surface area contributed by atoms with Crippen molar-refractivity contribution in [1.82, 2.24) is 14.7 Å². The average Bonchev–Trinajstić information content (AvgIpc) is 2.55. The highest BCUT2D eigenvalue weighted by Gasteiger charge is 2.21. The fourth-order valence-corrected chi connectivity index (χ4v) is 2.52. The van der Waals surface area contributed by atoms with Crippen LogP contribution in [0.25, 0.3) is 5.65 Å². The molecule has 0 aliphatic rings. The smallest absolute Gasteiger partial charge is 0.274 e. The van der Waals surface area contributed by atoms with E-state index in [0.29, 0.717) is 5.65 Å². The number of carbonyl (C=O) groups excluding carboxylic acids is 1. The molecular weight excluding hydrogens is 306 g/mol. The molecule has 0 unspecified atom stereocenters. The Labute approximate surface area is 138 Å². The summed E-state index contributed by atoms with van der Waals surface area (Å²) >= 11 is 0. The molecule has 3 rings (SSSR count). The Morgan fingerprint density at radius 1 is 1.25 bits per heavy atom. The van der Waals surface area contributed by atoms with E-state index in [2.05, 4.69) is 10.3 Å². The normalized spacial score (nSPS) is 12.1. The van der Waals surface area contributed by atoms with Crippen LogP contribution in [-0.2, 0) is 0 Å². The average molecular weight is 323 g/mol. The minimum atomic E-state index is -0.656. The first kappa shape index (κ1) is 15.7. The number of aromatic hydroxyl groups is 1. The van der Waals surface area contributed by atoms with E-state index in [-0.39, 0.29) is 11.6 Å². The Bertz CT molecular complexity index is 964. The number of aryl methyl sites for hydroxylation is 1. The van der Waals surface area contributed by atoms with Gasteiger partial charge in [0, 0.05) is 6.20 Å². The van der Waals surface area contributed by atoms with Gasteiger partial charge in [-0.1, -0.05) is 30.3 Å². The van der Waals surface area contributed by atoms with Crippen LogP contribution in [0.3, 0.4) is 0 Å². The SMILES string of the molecule is Cc1ccn2c(=O)c(C(=O)N[C@H](C)c3ccccc3)c(O)nc2c1. The number of hydrogen-bond donors (Lipinski definition) is 2. The van der Waals surface area contributed by atoms with Crippen LogP contribution in [0.5, 0.6) is 5.88 Å². The molecule has 2 N–H and O–H groups in total. The van der Waals surface area contributed by atoms with Gasteiger partial charge in [0.2, 0.25) is 5.88 Å². The molecule has 2 aromatic heterocycles. The van der Waals surface area contributed by atoms with E-state index in [1.807, 2.05) is 37.3 Å². The highest BCUT2D eigenvalue weighted by Crippen LogP contribution is 2.15. The molecule has 1 atom stereocenters. The van der Waals surface area contributed by atoms with Crippen molar-refractivity contribution in [3.05, 3.63) is 75.7 Å². The zero-order chi connectivity index (χ0) is 17.3. The molecule has 0 radical (unpaired) electrons. The second kappa shape index (κ2) is 6.16. The van der Waals surface area contributed by atoms with Gasteiger partial charge in [0.25, 0.3) is 11.5 Å². The molecule has 1 amide bonds. The van der Waals surface area contributed by atoms with Gasteiger partial charge >= 0.3 is 0 Å². The second-order valence-corrected chi connectivity index (χ2v) is 5.65. The Kier molecular flexibility index (Phi) is 4.04. The maximum atomic E-state index is 12.5. The first-order valence-corrected chi connectivity index (χ1v) is 7.55. The molecule has 24 heavy (non-hydrogen) atoms. The predicted octanol–water partition coefficient (Wildman–Crippen LogP) is 2.20. The summed E-state index contributed by atoms with van der Waals surface area (Å²) in [6.45, 7) is 3.66. The fourth-order valence-electron chi connectivity index (χ4n) is 2.52. The third-order valence-electron chi connectivity index (χ3n) is 3.84. The highest BCUT2D eigenvalue weighted by atomic mass is 16.3. The summed E-state index contributed by atoms with van der Waals surface area (Å²) in [4.78, 5) is 28.9. The van der Waals surface area contributed by atoms with E-state index in [4.69, 9.17) is 0 Å². The molecule has 0 saturated carbocycles. The van der Waals surface area contributed by atoms with E-state index in [0.717, 1.165) is 11.1 Å². The standard InChI is InChI=1S/C18H17N3O3/c1-11-8-9-21-14(10-11)20-17(23)15(18(21)24)16(22)19-12(2)13-6-4-3-5-7-13/h3-10,12,23H,1-2H3,(H,19,22)/t12-/m1/s1. The van der Waals surface area contributed by atoms with Gasteiger partial charge in [-0.05, 0) is 37.1 Å². The number of amides is 1. The maximum Gasteiger partial charge on any atom is 0.274 e. The van der Waals surface area contributed by atoms with Crippen LogP contribution in [0.1, 0.15) is 34.5 Å². The molecule has 6 heteroatoms. The van der Waals surface area contributed by atoms with Gasteiger partial charge in [0.15, 0.2) is 5.56 Å². The summed E-state index contributed by atoms with van der Waals surface area (Å²) in [5.41, 5.74) is 1.13. The van der Waals surface area contributed by atoms with Gasteiger partial charge in [-0.2, -0.15) is 4.98 Å². The summed E-state index contributed by atoms with van der Waals surface area (Å²) in [7, 11) is 0. The van der Waals surface area contributed by atoms with Crippen molar-refractivity contribution in [3.8, 4) is 5.88 Å². The Balaban J connectivity index is 1.98. The maximum absolute atomic E-state index is 12.5. The molecule has 0 aliphatic carbocycles. The van der Waals surface area contributed by atoms with Crippen molar-refractivity contribution >= 4 is 11.6 Å². The van der Waals surface area contributed by atoms with Gasteiger partial charge in [0.1, 0.15) is 5.65 Å². The number of nitrogens with one attached hydrogen (secondary N) is 1. The summed E-state index contributed by atoms with van der Waals surface area (Å²) in [5, 5.41) is 12.8. The van der Waals surface area contributed by atoms with E-state index >= 15 is 0 Å². The van der Waals surface area contributed by atoms with Crippen LogP contribution < -0.4 is 10.9 Å². The summed E-state index contributed by atoms with van der Waals surface area (Å²) in [6.07, 6.45) is 1.54. The van der Waals surface area contributed by atoms with Crippen LogP contribution in [0.2, 0.25) is 0 Å². The van der Waals surface area contributed by atoms with Crippen molar-refractivity contribution in [2.75, 3.05) is 0 Å². The molecule has 1 aromatic carbocycles. The number of pyridine rings is 1. The lowest BCUT2D eigenvalue weighted by Crippen LogP contribution is -2.33. The lowest BCUT2D eigenvalue weighted by atomic mass is 10.1. The molecule has 122 valence electrons. The first-order valence-electron chi connectivity index (χ1n) is 7.55. The van der Waals surface area contributed by atoms with E-state index in [1.165, 1.54) is 10.6 Å². The van der Waals surface area contributed by atoms with Gasteiger partial charge in [-0.15, -0.1) is 0 Å². The molecule has 0 aliphatic heterocycles. The lowest BCUT2D eigenvalue weighted by Gasteiger charge is -2.14. The van der Waals surface area contributed by atoms with Crippen molar-refractivity contribution in [1.29, 1.82) is 0 Å². The number of aromatic nitrogens is 2. The zero-order valence-corrected chi connectivity index (χ0v) is 13.4. The fraction of sp³-hybridized carbons (Fsp3) is 0.167. The number of hydrogen-bond acceptors (Lipinski definition) is 4. The van der Waals surface area contributed by atoms with Crippen molar-refractivity contribution in [3.63, 3.8) is 0 Å². The Morgan fingerprint density at radius 3 is 2.67 bits per heavy atom. The molecule has 0 spiro atoms. The topological polar surface area (TPSA) is 83.7 Å². The summed E-state index contributed by atoms with van der Waals surface area (Å²) in [6, 6.07) is 12.4. The summed E-state index contributed by atoms with van der Waals surface area (Å²) < 4.78 is 1.24. The Morgan fingerprint density at radius 2 is 1.96 bits per heavy atom. The lowest BCUT2D eigenvalue weighted by molar-refractivity contribution is 0.0934. The van der Waals surface area contributed by atoms with Crippen LogP contribution >= 0.6 is 0 Å². The minimum absolute atomic E-state index is 0.296. The van der Waals surface area contributed by atoms with E-state index in [9.17, 15) is 14.7 Å². The van der Waals surface area contributed by atoms with Crippen molar-refractivity contribution < 1.29 is 9.90 Å². The van der Waals surface area contributed by atoms with Gasteiger partial charge < -0.3 is 10.4 Å². The molecule has 2 heterocycles. The molecule has 0 fully saturated rings. The number of fused-ring (bicyclic) bond motifs is 1. The molecular formula is C18H17N3O3. The van der Waals surface area contributed by atoms with Gasteiger partial charge in [-0.3, -0.25) is 14.0 Å². The molecule has 0 bridgehead atoms. The number of benzene rings is 1. The zero-order valence-electron chi connectivity index (χ0n) is 13.4. The molecule has 6 nitrogen and oxygen atoms in total. The molecule has 3 aromatic rings. The van der Waals surface area contributed by atoms with Crippen LogP contribution in [0.4, 0.5) is 0 Å². The largest absolute Gasteiger partial charge is 0.493 e. The van der Waals surface area contributed by atoms with E-state index in [1.54, 1.807) is 19.1 Å². The monoisotopic (exact) mass is 323 g/mol. The number of carbonyl (C=O) groups is 1. The minimum Gasteiger partial charge on any atom is -0.493 e. The van der Waals surface area contributed by atoms with Crippen LogP contribution in [0, 0.1) is 6.92 Å². The Hall–Kier alpha value is -3.15. The predicted molar refractivity (Wildman–Crippen MR) is 90.2 cm³/mol. The number of rotatable bonds is 3. The van der Waals surface area contributed by atoms with Crippen LogP contribution in [0.15, 0.2) is 53.5 Å². The second-order valence-electron chi connectivity index (χ2n) is 5.65. The van der Waals surface area contributed by atoms with E-state index < -0.39 is 17.3 Å². The third kappa shape index (κ3) is 2.86. The summed E-state index contributed by atoms with van der Waals surface area (Å²) in [5.74, 6) is -1.22. The first-order chi connectivity index (χ1) is 11.5. The third-order valence-corrected chi connectivity index (χ3v) is 3.84. The van der Waals surface area contributed by atoms with Crippen molar-refractivity contribution in [2.24, 2.45) is 0 Å². The number of nitrogens with zero attached hydrogens (tertiary/aromatic N) is 2. The van der Waals surface area contributed by atoms with Gasteiger partial charge in [-0.25, -0.2) is 0 Å². The molecule has 0 saturated heterocycles.